The quantitative estimate of drug-likeness (QED) is 0.821. The normalized spacial score (nSPS) is 13.5. The summed E-state index contributed by atoms with van der Waals surface area (Å²) in [5.41, 5.74) is 3.58. The number of benzene rings is 2. The van der Waals surface area contributed by atoms with E-state index in [1.807, 2.05) is 18.2 Å². The van der Waals surface area contributed by atoms with Crippen LogP contribution in [0, 0.1) is 0 Å². The van der Waals surface area contributed by atoms with Crippen molar-refractivity contribution in [3.8, 4) is 11.5 Å². The molecule has 0 aromatic heterocycles. The molecule has 3 nitrogen and oxygen atoms in total. The molecule has 0 fully saturated rings. The molecule has 0 atom stereocenters. The van der Waals surface area contributed by atoms with Crippen molar-refractivity contribution < 1.29 is 9.47 Å². The van der Waals surface area contributed by atoms with Crippen LogP contribution in [-0.4, -0.2) is 14.2 Å². The van der Waals surface area contributed by atoms with Gasteiger partial charge in [-0.15, -0.1) is 0 Å². The Hall–Kier alpha value is -1.94. The Morgan fingerprint density at radius 2 is 1.62 bits per heavy atom. The fraction of sp³-hybridized carbons (Fsp3) is 0.176. The molecule has 1 heterocycles. The molecule has 0 radical (unpaired) electrons. The molecule has 2 aromatic rings. The van der Waals surface area contributed by atoms with E-state index >= 15 is 0 Å². The van der Waals surface area contributed by atoms with Crippen molar-refractivity contribution in [2.75, 3.05) is 19.1 Å². The molecule has 4 heteroatoms. The molecule has 108 valence electrons. The molecule has 0 saturated carbocycles. The van der Waals surface area contributed by atoms with Crippen LogP contribution in [0.4, 0.5) is 5.69 Å². The van der Waals surface area contributed by atoms with Gasteiger partial charge in [0.15, 0.2) is 0 Å². The number of methoxy groups -OCH3 is 2. The molecule has 0 saturated heterocycles. The van der Waals surface area contributed by atoms with Gasteiger partial charge in [0.1, 0.15) is 11.5 Å². The van der Waals surface area contributed by atoms with E-state index in [1.165, 1.54) is 11.1 Å². The van der Waals surface area contributed by atoms with Crippen LogP contribution < -0.4 is 14.4 Å². The maximum atomic E-state index is 5.29. The van der Waals surface area contributed by atoms with Crippen molar-refractivity contribution in [2.45, 2.75) is 6.54 Å². The molecule has 3 rings (SSSR count). The number of ether oxygens (including phenoxy) is 2. The van der Waals surface area contributed by atoms with Crippen molar-refractivity contribution in [2.24, 2.45) is 0 Å². The molecule has 0 unspecified atom stereocenters. The van der Waals surface area contributed by atoms with Crippen LogP contribution in [0.5, 0.6) is 11.5 Å². The smallest absolute Gasteiger partial charge is 0.119 e. The van der Waals surface area contributed by atoms with Gasteiger partial charge in [0, 0.05) is 22.9 Å². The third-order valence-corrected chi connectivity index (χ3v) is 4.22. The number of halogens is 1. The number of hydrogen-bond donors (Lipinski definition) is 0. The molecule has 0 spiro atoms. The second kappa shape index (κ2) is 5.82. The Bertz CT molecular complexity index is 680. The van der Waals surface area contributed by atoms with Crippen LogP contribution in [0.2, 0.25) is 0 Å². The lowest BCUT2D eigenvalue weighted by atomic mass is 10.0. The predicted molar refractivity (Wildman–Crippen MR) is 89.1 cm³/mol. The first kappa shape index (κ1) is 14.0. The van der Waals surface area contributed by atoms with Crippen molar-refractivity contribution in [1.82, 2.24) is 0 Å². The Labute approximate surface area is 132 Å². The third kappa shape index (κ3) is 2.76. The van der Waals surface area contributed by atoms with Crippen molar-refractivity contribution in [3.63, 3.8) is 0 Å². The van der Waals surface area contributed by atoms with Crippen molar-refractivity contribution >= 4 is 26.1 Å². The van der Waals surface area contributed by atoms with Crippen LogP contribution in [0.3, 0.4) is 0 Å². The molecular weight excluding hydrogens is 330 g/mol. The minimum Gasteiger partial charge on any atom is -0.497 e. The van der Waals surface area contributed by atoms with Gasteiger partial charge in [0.05, 0.1) is 14.2 Å². The Morgan fingerprint density at radius 3 is 2.29 bits per heavy atom. The average Bonchev–Trinajstić information content (AvgIpc) is 2.54. The fourth-order valence-electron chi connectivity index (χ4n) is 2.42. The van der Waals surface area contributed by atoms with Gasteiger partial charge < -0.3 is 14.4 Å². The first-order valence-electron chi connectivity index (χ1n) is 6.66. The highest BCUT2D eigenvalue weighted by Crippen LogP contribution is 2.35. The van der Waals surface area contributed by atoms with Crippen LogP contribution in [0.25, 0.3) is 4.48 Å². The van der Waals surface area contributed by atoms with Gasteiger partial charge in [-0.25, -0.2) is 0 Å². The van der Waals surface area contributed by atoms with E-state index < -0.39 is 0 Å². The zero-order valence-electron chi connectivity index (χ0n) is 12.0. The Morgan fingerprint density at radius 1 is 0.952 bits per heavy atom. The SMILES string of the molecule is COc1ccc(N2C=C(Br)c3cc(OC)ccc3C2)cc1. The van der Waals surface area contributed by atoms with Crippen LogP contribution in [0.1, 0.15) is 11.1 Å². The monoisotopic (exact) mass is 345 g/mol. The van der Waals surface area contributed by atoms with Crippen LogP contribution >= 0.6 is 15.9 Å². The van der Waals surface area contributed by atoms with E-state index in [0.717, 1.165) is 28.2 Å². The molecular formula is C17H16BrNO2. The lowest BCUT2D eigenvalue weighted by Gasteiger charge is -2.27. The van der Waals surface area contributed by atoms with E-state index in [9.17, 15) is 0 Å². The molecule has 0 amide bonds. The van der Waals surface area contributed by atoms with Crippen LogP contribution in [-0.2, 0) is 6.54 Å². The summed E-state index contributed by atoms with van der Waals surface area (Å²) in [5.74, 6) is 1.74. The lowest BCUT2D eigenvalue weighted by Crippen LogP contribution is -2.20. The van der Waals surface area contributed by atoms with Crippen LogP contribution in [0.15, 0.2) is 48.7 Å². The summed E-state index contributed by atoms with van der Waals surface area (Å²) in [5, 5.41) is 0. The summed E-state index contributed by atoms with van der Waals surface area (Å²) >= 11 is 3.66. The fourth-order valence-corrected chi connectivity index (χ4v) is 3.03. The second-order valence-electron chi connectivity index (χ2n) is 4.83. The summed E-state index contributed by atoms with van der Waals surface area (Å²) in [6.07, 6.45) is 2.10. The third-order valence-electron chi connectivity index (χ3n) is 3.59. The largest absolute Gasteiger partial charge is 0.497 e. The highest BCUT2D eigenvalue weighted by atomic mass is 79.9. The topological polar surface area (TPSA) is 21.7 Å². The number of rotatable bonds is 3. The van der Waals surface area contributed by atoms with E-state index in [2.05, 4.69) is 51.3 Å². The zero-order chi connectivity index (χ0) is 14.8. The standard InChI is InChI=1S/C17H16BrNO2/c1-20-14-7-4-13(5-8-14)19-10-12-3-6-15(21-2)9-16(12)17(18)11-19/h3-9,11H,10H2,1-2H3. The van der Waals surface area contributed by atoms with E-state index in [1.54, 1.807) is 14.2 Å². The number of hydrogen-bond acceptors (Lipinski definition) is 3. The second-order valence-corrected chi connectivity index (χ2v) is 5.68. The van der Waals surface area contributed by atoms with Gasteiger partial charge in [-0.2, -0.15) is 0 Å². The summed E-state index contributed by atoms with van der Waals surface area (Å²) < 4.78 is 11.5. The van der Waals surface area contributed by atoms with Gasteiger partial charge >= 0.3 is 0 Å². The molecule has 1 aliphatic heterocycles. The van der Waals surface area contributed by atoms with E-state index in [0.29, 0.717) is 0 Å². The van der Waals surface area contributed by atoms with Crippen molar-refractivity contribution in [3.05, 3.63) is 59.8 Å². The van der Waals surface area contributed by atoms with Gasteiger partial charge in [-0.3, -0.25) is 0 Å². The van der Waals surface area contributed by atoms with Gasteiger partial charge in [-0.05, 0) is 63.5 Å². The summed E-state index contributed by atoms with van der Waals surface area (Å²) in [6.45, 7) is 0.834. The number of nitrogens with zero attached hydrogens (tertiary/aromatic N) is 1. The highest BCUT2D eigenvalue weighted by molar-refractivity contribution is 9.15. The van der Waals surface area contributed by atoms with Gasteiger partial charge in [-0.1, -0.05) is 6.07 Å². The minimum absolute atomic E-state index is 0.834. The maximum Gasteiger partial charge on any atom is 0.119 e. The number of fused-ring (bicyclic) bond motifs is 1. The molecule has 1 aliphatic rings. The molecule has 21 heavy (non-hydrogen) atoms. The molecule has 0 bridgehead atoms. The van der Waals surface area contributed by atoms with E-state index in [-0.39, 0.29) is 0 Å². The minimum atomic E-state index is 0.834. The van der Waals surface area contributed by atoms with Crippen molar-refractivity contribution in [1.29, 1.82) is 0 Å². The molecule has 0 N–H and O–H groups in total. The summed E-state index contributed by atoms with van der Waals surface area (Å²) in [4.78, 5) is 2.21. The predicted octanol–water partition coefficient (Wildman–Crippen LogP) is 4.42. The molecule has 2 aromatic carbocycles. The maximum absolute atomic E-state index is 5.29. The number of anilines is 1. The highest BCUT2D eigenvalue weighted by Gasteiger charge is 2.17. The molecule has 0 aliphatic carbocycles. The summed E-state index contributed by atoms with van der Waals surface area (Å²) in [7, 11) is 3.36. The Kier molecular flexibility index (Phi) is 3.88. The Balaban J connectivity index is 1.92. The lowest BCUT2D eigenvalue weighted by molar-refractivity contribution is 0.414. The van der Waals surface area contributed by atoms with E-state index in [4.69, 9.17) is 9.47 Å². The van der Waals surface area contributed by atoms with Gasteiger partial charge in [0.25, 0.3) is 0 Å². The average molecular weight is 346 g/mol. The zero-order valence-corrected chi connectivity index (χ0v) is 13.6. The summed E-state index contributed by atoms with van der Waals surface area (Å²) in [6, 6.07) is 14.2. The van der Waals surface area contributed by atoms with Gasteiger partial charge in [0.2, 0.25) is 0 Å². The first-order valence-corrected chi connectivity index (χ1v) is 7.46. The first-order chi connectivity index (χ1) is 10.2.